The van der Waals surface area contributed by atoms with Gasteiger partial charge in [-0.2, -0.15) is 0 Å². The van der Waals surface area contributed by atoms with Gasteiger partial charge in [-0.15, -0.1) is 0 Å². The van der Waals surface area contributed by atoms with Crippen molar-refractivity contribution in [3.63, 3.8) is 0 Å². The molecule has 2 aliphatic rings. The van der Waals surface area contributed by atoms with E-state index in [1.54, 1.807) is 0 Å². The molecule has 0 atom stereocenters. The van der Waals surface area contributed by atoms with Crippen molar-refractivity contribution in [3.8, 4) is 0 Å². The summed E-state index contributed by atoms with van der Waals surface area (Å²) in [6.45, 7) is 9.34. The minimum atomic E-state index is 0.593. The first-order chi connectivity index (χ1) is 7.70. The molecule has 1 spiro atoms. The molecule has 2 heterocycles. The zero-order valence-corrected chi connectivity index (χ0v) is 10.2. The molecule has 0 amide bonds. The number of benzene rings is 1. The molecule has 2 aliphatic heterocycles. The molecule has 2 heteroatoms. The molecule has 3 rings (SSSR count). The van der Waals surface area contributed by atoms with Crippen LogP contribution < -0.4 is 10.2 Å². The molecular formula is C14H20N2. The standard InChI is InChI=1S/C14H20N2/c1-11-4-3-5-13(12(11)2)16-9-14(10-16)6-7-15-8-14/h3-5,15H,6-10H2,1-2H3. The lowest BCUT2D eigenvalue weighted by atomic mass is 9.78. The summed E-state index contributed by atoms with van der Waals surface area (Å²) in [5.74, 6) is 0. The summed E-state index contributed by atoms with van der Waals surface area (Å²) in [6, 6.07) is 6.64. The quantitative estimate of drug-likeness (QED) is 0.773. The van der Waals surface area contributed by atoms with Gasteiger partial charge in [0, 0.05) is 30.7 Å². The van der Waals surface area contributed by atoms with E-state index in [4.69, 9.17) is 0 Å². The lowest BCUT2D eigenvalue weighted by molar-refractivity contribution is 0.243. The normalized spacial score (nSPS) is 22.5. The Bertz CT molecular complexity index is 397. The third-order valence-corrected chi connectivity index (χ3v) is 4.30. The van der Waals surface area contributed by atoms with Crippen LogP contribution in [0.15, 0.2) is 18.2 Å². The van der Waals surface area contributed by atoms with Crippen molar-refractivity contribution in [3.05, 3.63) is 29.3 Å². The third-order valence-electron chi connectivity index (χ3n) is 4.30. The van der Waals surface area contributed by atoms with Gasteiger partial charge in [0.25, 0.3) is 0 Å². The Morgan fingerprint density at radius 1 is 1.25 bits per heavy atom. The Kier molecular flexibility index (Phi) is 2.21. The zero-order valence-electron chi connectivity index (χ0n) is 10.2. The third kappa shape index (κ3) is 1.44. The van der Waals surface area contributed by atoms with Crippen LogP contribution in [0.3, 0.4) is 0 Å². The van der Waals surface area contributed by atoms with E-state index in [0.717, 1.165) is 0 Å². The zero-order chi connectivity index (χ0) is 11.2. The molecule has 0 aromatic heterocycles. The van der Waals surface area contributed by atoms with E-state index >= 15 is 0 Å². The Hall–Kier alpha value is -1.02. The van der Waals surface area contributed by atoms with E-state index in [9.17, 15) is 0 Å². The van der Waals surface area contributed by atoms with E-state index in [1.807, 2.05) is 0 Å². The molecule has 1 aromatic rings. The molecule has 1 aromatic carbocycles. The number of hydrogen-bond donors (Lipinski definition) is 1. The highest BCUT2D eigenvalue weighted by atomic mass is 15.2. The maximum Gasteiger partial charge on any atom is 0.0398 e. The first-order valence-corrected chi connectivity index (χ1v) is 6.22. The second-order valence-electron chi connectivity index (χ2n) is 5.50. The fourth-order valence-electron chi connectivity index (χ4n) is 3.08. The van der Waals surface area contributed by atoms with Gasteiger partial charge in [-0.25, -0.2) is 0 Å². The van der Waals surface area contributed by atoms with Crippen LogP contribution in [-0.4, -0.2) is 26.2 Å². The Labute approximate surface area is 97.6 Å². The van der Waals surface area contributed by atoms with Crippen molar-refractivity contribution in [1.29, 1.82) is 0 Å². The smallest absolute Gasteiger partial charge is 0.0398 e. The monoisotopic (exact) mass is 216 g/mol. The molecule has 16 heavy (non-hydrogen) atoms. The van der Waals surface area contributed by atoms with Gasteiger partial charge < -0.3 is 10.2 Å². The molecule has 2 saturated heterocycles. The molecule has 0 aliphatic carbocycles. The van der Waals surface area contributed by atoms with Crippen molar-refractivity contribution in [2.75, 3.05) is 31.1 Å². The molecule has 86 valence electrons. The lowest BCUT2D eigenvalue weighted by Crippen LogP contribution is -2.57. The average molecular weight is 216 g/mol. The molecule has 1 N–H and O–H groups in total. The minimum Gasteiger partial charge on any atom is -0.370 e. The summed E-state index contributed by atoms with van der Waals surface area (Å²) in [5, 5.41) is 3.49. The summed E-state index contributed by atoms with van der Waals surface area (Å²) in [4.78, 5) is 2.54. The average Bonchev–Trinajstić information content (AvgIpc) is 2.69. The molecule has 0 bridgehead atoms. The molecule has 0 radical (unpaired) electrons. The fourth-order valence-corrected chi connectivity index (χ4v) is 3.08. The SMILES string of the molecule is Cc1cccc(N2CC3(CCNC3)C2)c1C. The van der Waals surface area contributed by atoms with Crippen LogP contribution in [0.5, 0.6) is 0 Å². The van der Waals surface area contributed by atoms with Crippen LogP contribution in [0.25, 0.3) is 0 Å². The maximum absolute atomic E-state index is 3.49. The lowest BCUT2D eigenvalue weighted by Gasteiger charge is -2.49. The van der Waals surface area contributed by atoms with Crippen LogP contribution in [0, 0.1) is 19.3 Å². The van der Waals surface area contributed by atoms with Crippen LogP contribution >= 0.6 is 0 Å². The predicted octanol–water partition coefficient (Wildman–Crippen LogP) is 2.10. The topological polar surface area (TPSA) is 15.3 Å². The van der Waals surface area contributed by atoms with Gasteiger partial charge in [0.15, 0.2) is 0 Å². The van der Waals surface area contributed by atoms with Crippen molar-refractivity contribution in [2.24, 2.45) is 5.41 Å². The second kappa shape index (κ2) is 3.49. The number of aryl methyl sites for hydroxylation is 1. The Morgan fingerprint density at radius 2 is 2.06 bits per heavy atom. The van der Waals surface area contributed by atoms with E-state index < -0.39 is 0 Å². The molecule has 2 fully saturated rings. The van der Waals surface area contributed by atoms with Crippen molar-refractivity contribution in [2.45, 2.75) is 20.3 Å². The molecular weight excluding hydrogens is 196 g/mol. The van der Waals surface area contributed by atoms with Crippen molar-refractivity contribution >= 4 is 5.69 Å². The Balaban J connectivity index is 1.78. The van der Waals surface area contributed by atoms with Crippen LogP contribution in [0.4, 0.5) is 5.69 Å². The number of anilines is 1. The van der Waals surface area contributed by atoms with E-state index in [-0.39, 0.29) is 0 Å². The number of rotatable bonds is 1. The maximum atomic E-state index is 3.49. The molecule has 0 saturated carbocycles. The fraction of sp³-hybridized carbons (Fsp3) is 0.571. The summed E-state index contributed by atoms with van der Waals surface area (Å²) >= 11 is 0. The summed E-state index contributed by atoms with van der Waals surface area (Å²) in [5.41, 5.74) is 4.89. The van der Waals surface area contributed by atoms with E-state index in [2.05, 4.69) is 42.3 Å². The summed E-state index contributed by atoms with van der Waals surface area (Å²) < 4.78 is 0. The Morgan fingerprint density at radius 3 is 2.75 bits per heavy atom. The number of nitrogens with one attached hydrogen (secondary N) is 1. The second-order valence-corrected chi connectivity index (χ2v) is 5.50. The molecule has 2 nitrogen and oxygen atoms in total. The van der Waals surface area contributed by atoms with Gasteiger partial charge in [0.05, 0.1) is 0 Å². The number of nitrogens with zero attached hydrogens (tertiary/aromatic N) is 1. The minimum absolute atomic E-state index is 0.593. The van der Waals surface area contributed by atoms with Gasteiger partial charge in [-0.05, 0) is 44.0 Å². The highest BCUT2D eigenvalue weighted by Gasteiger charge is 2.45. The van der Waals surface area contributed by atoms with Gasteiger partial charge >= 0.3 is 0 Å². The largest absolute Gasteiger partial charge is 0.370 e. The number of hydrogen-bond acceptors (Lipinski definition) is 2. The van der Waals surface area contributed by atoms with Crippen molar-refractivity contribution in [1.82, 2.24) is 5.32 Å². The highest BCUT2D eigenvalue weighted by molar-refractivity contribution is 5.58. The molecule has 0 unspecified atom stereocenters. The highest BCUT2D eigenvalue weighted by Crippen LogP contribution is 2.40. The van der Waals surface area contributed by atoms with E-state index in [1.165, 1.54) is 49.4 Å². The first kappa shape index (κ1) is 10.2. The van der Waals surface area contributed by atoms with Gasteiger partial charge in [-0.1, -0.05) is 12.1 Å². The van der Waals surface area contributed by atoms with Crippen LogP contribution in [-0.2, 0) is 0 Å². The van der Waals surface area contributed by atoms with Gasteiger partial charge in [-0.3, -0.25) is 0 Å². The van der Waals surface area contributed by atoms with E-state index in [0.29, 0.717) is 5.41 Å². The van der Waals surface area contributed by atoms with Crippen LogP contribution in [0.2, 0.25) is 0 Å². The summed E-state index contributed by atoms with van der Waals surface area (Å²) in [7, 11) is 0. The predicted molar refractivity (Wildman–Crippen MR) is 68.0 cm³/mol. The van der Waals surface area contributed by atoms with Crippen LogP contribution in [0.1, 0.15) is 17.5 Å². The summed E-state index contributed by atoms with van der Waals surface area (Å²) in [6.07, 6.45) is 1.36. The van der Waals surface area contributed by atoms with Gasteiger partial charge in [0.2, 0.25) is 0 Å². The van der Waals surface area contributed by atoms with Crippen molar-refractivity contribution < 1.29 is 0 Å². The first-order valence-electron chi connectivity index (χ1n) is 6.22. The van der Waals surface area contributed by atoms with Gasteiger partial charge in [0.1, 0.15) is 0 Å².